The number of benzene rings is 2. The van der Waals surface area contributed by atoms with Crippen molar-refractivity contribution in [1.29, 1.82) is 0 Å². The summed E-state index contributed by atoms with van der Waals surface area (Å²) in [6.45, 7) is 0.317. The van der Waals surface area contributed by atoms with E-state index >= 15 is 0 Å². The van der Waals surface area contributed by atoms with E-state index in [0.717, 1.165) is 0 Å². The first-order valence-electron chi connectivity index (χ1n) is 8.58. The Hall–Kier alpha value is -2.81. The molecule has 0 fully saturated rings. The van der Waals surface area contributed by atoms with E-state index in [2.05, 4.69) is 20.8 Å². The van der Waals surface area contributed by atoms with Gasteiger partial charge in [0.25, 0.3) is 5.91 Å². The molecule has 0 bridgehead atoms. The number of hydrogen-bond donors (Lipinski definition) is 2. The smallest absolute Gasteiger partial charge is 0.316 e. The van der Waals surface area contributed by atoms with E-state index in [1.165, 1.54) is 19.2 Å². The summed E-state index contributed by atoms with van der Waals surface area (Å²) >= 11 is 17.7. The summed E-state index contributed by atoms with van der Waals surface area (Å²) in [6, 6.07) is 9.45. The fourth-order valence-electron chi connectivity index (χ4n) is 2.45. The van der Waals surface area contributed by atoms with Crippen LogP contribution in [0.4, 0.5) is 0 Å². The average Bonchev–Trinajstić information content (AvgIpc) is 3.23. The predicted octanol–water partition coefficient (Wildman–Crippen LogP) is 3.87. The maximum atomic E-state index is 12.2. The Morgan fingerprint density at radius 2 is 1.73 bits per heavy atom. The Balaban J connectivity index is 1.54. The molecule has 3 rings (SSSR count). The van der Waals surface area contributed by atoms with Gasteiger partial charge in [-0.25, -0.2) is 0 Å². The lowest BCUT2D eigenvalue weighted by atomic mass is 10.2. The molecule has 30 heavy (non-hydrogen) atoms. The fraction of sp³-hybridized carbons (Fsp3) is 0.158. The van der Waals surface area contributed by atoms with Crippen LogP contribution in [0, 0.1) is 0 Å². The van der Waals surface area contributed by atoms with Gasteiger partial charge in [-0.15, -0.1) is 0 Å². The minimum atomic E-state index is -0.585. The van der Waals surface area contributed by atoms with Gasteiger partial charge in [-0.1, -0.05) is 40.0 Å². The number of ether oxygens (including phenoxy) is 1. The van der Waals surface area contributed by atoms with Crippen LogP contribution in [0.2, 0.25) is 15.1 Å². The Bertz CT molecular complexity index is 1090. The number of nitrogens with zero attached hydrogens (tertiary/aromatic N) is 2. The summed E-state index contributed by atoms with van der Waals surface area (Å²) < 4.78 is 10.2. The number of rotatable bonds is 7. The van der Waals surface area contributed by atoms with Gasteiger partial charge in [0.1, 0.15) is 5.75 Å². The molecule has 3 aromatic rings. The number of methoxy groups -OCH3 is 1. The minimum Gasteiger partial charge on any atom is -0.496 e. The molecule has 156 valence electrons. The lowest BCUT2D eigenvalue weighted by Gasteiger charge is -2.06. The molecule has 0 radical (unpaired) electrons. The number of nitrogens with one attached hydrogen (secondary N) is 2. The molecule has 0 aliphatic carbocycles. The summed E-state index contributed by atoms with van der Waals surface area (Å²) in [6.07, 6.45) is 0. The van der Waals surface area contributed by atoms with Crippen LogP contribution < -0.4 is 15.4 Å². The van der Waals surface area contributed by atoms with E-state index in [1.54, 1.807) is 24.3 Å². The summed E-state index contributed by atoms with van der Waals surface area (Å²) in [4.78, 5) is 28.3. The van der Waals surface area contributed by atoms with Crippen LogP contribution >= 0.6 is 34.8 Å². The van der Waals surface area contributed by atoms with Gasteiger partial charge in [0.05, 0.1) is 22.7 Å². The van der Waals surface area contributed by atoms with Gasteiger partial charge in [-0.3, -0.25) is 9.59 Å². The highest BCUT2D eigenvalue weighted by Crippen LogP contribution is 2.30. The second kappa shape index (κ2) is 9.80. The van der Waals surface area contributed by atoms with Crippen molar-refractivity contribution in [2.75, 3.05) is 20.2 Å². The highest BCUT2D eigenvalue weighted by Gasteiger charge is 2.18. The first-order chi connectivity index (χ1) is 14.4. The third kappa shape index (κ3) is 5.21. The normalized spacial score (nSPS) is 10.5. The SMILES string of the molecule is COc1ccc(Cl)cc1-c1noc(C(=O)NCCNC(=O)c2ccc(Cl)c(Cl)c2)n1. The molecule has 0 atom stereocenters. The van der Waals surface area contributed by atoms with Gasteiger partial charge in [-0.2, -0.15) is 4.98 Å². The molecule has 0 spiro atoms. The van der Waals surface area contributed by atoms with Crippen molar-refractivity contribution in [2.45, 2.75) is 0 Å². The molecule has 1 aromatic heterocycles. The zero-order valence-corrected chi connectivity index (χ0v) is 17.8. The number of halogens is 3. The van der Waals surface area contributed by atoms with Gasteiger partial charge in [0, 0.05) is 23.7 Å². The van der Waals surface area contributed by atoms with Gasteiger partial charge in [0.2, 0.25) is 5.82 Å². The Morgan fingerprint density at radius 1 is 1.00 bits per heavy atom. The van der Waals surface area contributed by atoms with Crippen LogP contribution in [-0.4, -0.2) is 42.2 Å². The first kappa shape index (κ1) is 21.9. The third-order valence-electron chi connectivity index (χ3n) is 3.90. The number of amides is 2. The quantitative estimate of drug-likeness (QED) is 0.509. The van der Waals surface area contributed by atoms with Crippen LogP contribution in [0.1, 0.15) is 21.0 Å². The Kier molecular flexibility index (Phi) is 7.15. The van der Waals surface area contributed by atoms with E-state index < -0.39 is 5.91 Å². The van der Waals surface area contributed by atoms with Crippen LogP contribution in [0.15, 0.2) is 40.9 Å². The fourth-order valence-corrected chi connectivity index (χ4v) is 2.92. The second-order valence-electron chi connectivity index (χ2n) is 5.91. The van der Waals surface area contributed by atoms with Crippen molar-refractivity contribution in [3.05, 3.63) is 62.9 Å². The summed E-state index contributed by atoms with van der Waals surface area (Å²) in [5.41, 5.74) is 0.842. The van der Waals surface area contributed by atoms with Crippen molar-refractivity contribution >= 4 is 46.6 Å². The zero-order valence-electron chi connectivity index (χ0n) is 15.5. The van der Waals surface area contributed by atoms with Gasteiger partial charge < -0.3 is 19.9 Å². The third-order valence-corrected chi connectivity index (χ3v) is 4.87. The van der Waals surface area contributed by atoms with Crippen molar-refractivity contribution in [3.63, 3.8) is 0 Å². The summed E-state index contributed by atoms with van der Waals surface area (Å²) in [5.74, 6) is -0.526. The average molecular weight is 470 g/mol. The molecule has 0 aliphatic heterocycles. The molecule has 0 aliphatic rings. The predicted molar refractivity (Wildman–Crippen MR) is 112 cm³/mol. The Labute approximate surface area is 186 Å². The number of aromatic nitrogens is 2. The minimum absolute atomic E-state index is 0.143. The van der Waals surface area contributed by atoms with Crippen LogP contribution in [0.5, 0.6) is 5.75 Å². The number of hydrogen-bond acceptors (Lipinski definition) is 6. The lowest BCUT2D eigenvalue weighted by molar-refractivity contribution is 0.0898. The number of carbonyl (C=O) groups is 2. The Morgan fingerprint density at radius 3 is 2.43 bits per heavy atom. The van der Waals surface area contributed by atoms with Crippen molar-refractivity contribution in [2.24, 2.45) is 0 Å². The zero-order chi connectivity index (χ0) is 21.7. The summed E-state index contributed by atoms with van der Waals surface area (Å²) in [5, 5.41) is 10.1. The maximum Gasteiger partial charge on any atom is 0.316 e. The largest absolute Gasteiger partial charge is 0.496 e. The molecule has 0 saturated heterocycles. The van der Waals surface area contributed by atoms with Gasteiger partial charge in [0.15, 0.2) is 0 Å². The molecular formula is C19H15Cl3N4O4. The molecular weight excluding hydrogens is 455 g/mol. The topological polar surface area (TPSA) is 106 Å². The number of carbonyl (C=O) groups excluding carboxylic acids is 2. The molecule has 1 heterocycles. The van der Waals surface area contributed by atoms with Crippen LogP contribution in [0.3, 0.4) is 0 Å². The molecule has 8 nitrogen and oxygen atoms in total. The lowest BCUT2D eigenvalue weighted by Crippen LogP contribution is -2.34. The molecule has 0 saturated carbocycles. The van der Waals surface area contributed by atoms with Crippen LogP contribution in [0.25, 0.3) is 11.4 Å². The van der Waals surface area contributed by atoms with E-state index in [1.807, 2.05) is 0 Å². The monoisotopic (exact) mass is 468 g/mol. The maximum absolute atomic E-state index is 12.2. The molecule has 0 unspecified atom stereocenters. The van der Waals surface area contributed by atoms with Gasteiger partial charge in [-0.05, 0) is 36.4 Å². The highest BCUT2D eigenvalue weighted by atomic mass is 35.5. The van der Waals surface area contributed by atoms with Crippen molar-refractivity contribution in [3.8, 4) is 17.1 Å². The van der Waals surface area contributed by atoms with E-state index in [0.29, 0.717) is 26.9 Å². The van der Waals surface area contributed by atoms with Gasteiger partial charge >= 0.3 is 11.8 Å². The molecule has 2 aromatic carbocycles. The second-order valence-corrected chi connectivity index (χ2v) is 7.16. The van der Waals surface area contributed by atoms with Crippen molar-refractivity contribution in [1.82, 2.24) is 20.8 Å². The van der Waals surface area contributed by atoms with Crippen LogP contribution in [-0.2, 0) is 0 Å². The highest BCUT2D eigenvalue weighted by molar-refractivity contribution is 6.42. The standard InChI is InChI=1S/C19H15Cl3N4O4/c1-29-15-5-3-11(20)9-12(15)16-25-19(30-26-16)18(28)24-7-6-23-17(27)10-2-4-13(21)14(22)8-10/h2-5,8-9H,6-7H2,1H3,(H,23,27)(H,24,28). The molecule has 11 heteroatoms. The molecule has 2 amide bonds. The first-order valence-corrected chi connectivity index (χ1v) is 9.71. The summed E-state index contributed by atoms with van der Waals surface area (Å²) in [7, 11) is 1.49. The van der Waals surface area contributed by atoms with E-state index in [-0.39, 0.29) is 35.7 Å². The van der Waals surface area contributed by atoms with E-state index in [4.69, 9.17) is 44.1 Å². The van der Waals surface area contributed by atoms with Crippen molar-refractivity contribution < 1.29 is 18.8 Å². The van der Waals surface area contributed by atoms with E-state index in [9.17, 15) is 9.59 Å². The molecule has 2 N–H and O–H groups in total.